The van der Waals surface area contributed by atoms with Crippen molar-refractivity contribution in [2.24, 2.45) is 0 Å². The van der Waals surface area contributed by atoms with Gasteiger partial charge in [0.2, 0.25) is 5.89 Å². The minimum absolute atomic E-state index is 0.222. The van der Waals surface area contributed by atoms with Gasteiger partial charge in [-0.15, -0.1) is 0 Å². The number of aryl methyl sites for hydroxylation is 1. The summed E-state index contributed by atoms with van der Waals surface area (Å²) in [4.78, 5) is 4.40. The van der Waals surface area contributed by atoms with Crippen LogP contribution in [0.2, 0.25) is 0 Å². The quantitative estimate of drug-likeness (QED) is 0.325. The van der Waals surface area contributed by atoms with Crippen molar-refractivity contribution in [1.82, 2.24) is 4.98 Å². The van der Waals surface area contributed by atoms with E-state index >= 15 is 0 Å². The second-order valence-corrected chi connectivity index (χ2v) is 8.48. The fourth-order valence-electron chi connectivity index (χ4n) is 2.75. The normalized spacial score (nSPS) is 11.8. The van der Waals surface area contributed by atoms with Crippen LogP contribution in [0.1, 0.15) is 35.6 Å². The van der Waals surface area contributed by atoms with Gasteiger partial charge in [-0.2, -0.15) is 8.42 Å². The van der Waals surface area contributed by atoms with E-state index < -0.39 is 10.1 Å². The second kappa shape index (κ2) is 10.8. The molecule has 2 aromatic carbocycles. The average Bonchev–Trinajstić information content (AvgIpc) is 3.19. The Balaban J connectivity index is 1.41. The van der Waals surface area contributed by atoms with Crippen molar-refractivity contribution in [1.29, 1.82) is 0 Å². The van der Waals surface area contributed by atoms with Gasteiger partial charge in [0.1, 0.15) is 24.3 Å². The van der Waals surface area contributed by atoms with Crippen LogP contribution in [0.3, 0.4) is 0 Å². The zero-order chi connectivity index (χ0) is 21.2. The molecule has 0 aliphatic heterocycles. The van der Waals surface area contributed by atoms with Crippen LogP contribution in [0.25, 0.3) is 12.2 Å². The number of oxazole rings is 1. The predicted octanol–water partition coefficient (Wildman–Crippen LogP) is 4.72. The summed E-state index contributed by atoms with van der Waals surface area (Å²) in [5, 5.41) is 0. The Bertz CT molecular complexity index is 1040. The van der Waals surface area contributed by atoms with Gasteiger partial charge in [0, 0.05) is 6.08 Å². The van der Waals surface area contributed by atoms with E-state index in [1.54, 1.807) is 6.26 Å². The van der Waals surface area contributed by atoms with Gasteiger partial charge >= 0.3 is 0 Å². The molecule has 0 aliphatic carbocycles. The number of ether oxygens (including phenoxy) is 1. The van der Waals surface area contributed by atoms with E-state index in [2.05, 4.69) is 4.98 Å². The van der Waals surface area contributed by atoms with Crippen LogP contribution in [-0.2, 0) is 27.3 Å². The maximum Gasteiger partial charge on any atom is 0.264 e. The van der Waals surface area contributed by atoms with Crippen LogP contribution in [0.5, 0.6) is 5.75 Å². The third-order valence-electron chi connectivity index (χ3n) is 4.25. The molecule has 7 heteroatoms. The molecule has 0 atom stereocenters. The number of hydrogen-bond acceptors (Lipinski definition) is 6. The Morgan fingerprint density at radius 1 is 1.00 bits per heavy atom. The van der Waals surface area contributed by atoms with Crippen molar-refractivity contribution in [3.8, 4) is 5.75 Å². The number of aromatic nitrogens is 1. The molecule has 0 aliphatic rings. The number of unbranched alkanes of at least 4 members (excludes halogenated alkanes) is 1. The van der Waals surface area contributed by atoms with Crippen LogP contribution in [-0.4, -0.2) is 26.3 Å². The van der Waals surface area contributed by atoms with E-state index in [4.69, 9.17) is 13.3 Å². The van der Waals surface area contributed by atoms with Gasteiger partial charge in [0.05, 0.1) is 12.9 Å². The van der Waals surface area contributed by atoms with Gasteiger partial charge in [0.15, 0.2) is 0 Å². The van der Waals surface area contributed by atoms with Gasteiger partial charge < -0.3 is 9.15 Å². The van der Waals surface area contributed by atoms with Gasteiger partial charge in [-0.1, -0.05) is 42.5 Å². The molecule has 0 fully saturated rings. The molecule has 0 saturated carbocycles. The fraction of sp³-hybridized carbons (Fsp3) is 0.261. The van der Waals surface area contributed by atoms with Gasteiger partial charge in [-0.05, 0) is 48.6 Å². The summed E-state index contributed by atoms with van der Waals surface area (Å²) in [7, 11) is -3.35. The van der Waals surface area contributed by atoms with Gasteiger partial charge in [0.25, 0.3) is 10.1 Å². The van der Waals surface area contributed by atoms with E-state index in [1.165, 1.54) is 0 Å². The molecular weight excluding hydrogens is 402 g/mol. The van der Waals surface area contributed by atoms with Crippen molar-refractivity contribution in [2.75, 3.05) is 12.9 Å². The predicted molar refractivity (Wildman–Crippen MR) is 116 cm³/mol. The fourth-order valence-corrected chi connectivity index (χ4v) is 3.17. The Labute approximate surface area is 177 Å². The molecule has 0 N–H and O–H groups in total. The summed E-state index contributed by atoms with van der Waals surface area (Å²) < 4.78 is 37.8. The molecule has 1 heterocycles. The number of rotatable bonds is 11. The molecule has 0 bridgehead atoms. The smallest absolute Gasteiger partial charge is 0.264 e. The third kappa shape index (κ3) is 7.85. The summed E-state index contributed by atoms with van der Waals surface area (Å²) in [5.41, 5.74) is 2.96. The lowest BCUT2D eigenvalue weighted by molar-refractivity contribution is 0.300. The second-order valence-electron chi connectivity index (χ2n) is 6.84. The highest BCUT2D eigenvalue weighted by Crippen LogP contribution is 2.16. The van der Waals surface area contributed by atoms with Crippen LogP contribution in [0, 0.1) is 0 Å². The molecule has 30 heavy (non-hydrogen) atoms. The molecule has 158 valence electrons. The standard InChI is InChI=1S/C23H25NO5S/c1-30(25,26)29-16-6-5-9-20-10-13-22(14-11-20)27-17-21-18-28-23(24-21)15-12-19-7-3-2-4-8-19/h2-4,7-8,10-15,18H,5-6,9,16-17H2,1H3/b15-12+. The zero-order valence-corrected chi connectivity index (χ0v) is 17.7. The maximum absolute atomic E-state index is 10.9. The highest BCUT2D eigenvalue weighted by Gasteiger charge is 2.04. The first kappa shape index (κ1) is 21.8. The van der Waals surface area contributed by atoms with Crippen LogP contribution in [0.4, 0.5) is 0 Å². The third-order valence-corrected chi connectivity index (χ3v) is 4.85. The Morgan fingerprint density at radius 3 is 2.50 bits per heavy atom. The molecule has 3 aromatic rings. The molecular formula is C23H25NO5S. The lowest BCUT2D eigenvalue weighted by Gasteiger charge is -2.06. The maximum atomic E-state index is 10.9. The molecule has 1 aromatic heterocycles. The SMILES string of the molecule is CS(=O)(=O)OCCCCc1ccc(OCc2coc(/C=C/c3ccccc3)n2)cc1. The first-order chi connectivity index (χ1) is 14.5. The highest BCUT2D eigenvalue weighted by atomic mass is 32.2. The summed E-state index contributed by atoms with van der Waals surface area (Å²) in [6.45, 7) is 0.547. The topological polar surface area (TPSA) is 78.6 Å². The van der Waals surface area contributed by atoms with E-state index in [-0.39, 0.29) is 6.61 Å². The van der Waals surface area contributed by atoms with Crippen LogP contribution in [0.15, 0.2) is 65.3 Å². The van der Waals surface area contributed by atoms with E-state index in [1.807, 2.05) is 66.7 Å². The zero-order valence-electron chi connectivity index (χ0n) is 16.9. The highest BCUT2D eigenvalue weighted by molar-refractivity contribution is 7.85. The molecule has 3 rings (SSSR count). The van der Waals surface area contributed by atoms with Crippen molar-refractivity contribution in [3.05, 3.63) is 83.6 Å². The lowest BCUT2D eigenvalue weighted by Crippen LogP contribution is -2.04. The largest absolute Gasteiger partial charge is 0.487 e. The van der Waals surface area contributed by atoms with Gasteiger partial charge in [-0.25, -0.2) is 4.98 Å². The number of hydrogen-bond donors (Lipinski definition) is 0. The lowest BCUT2D eigenvalue weighted by atomic mass is 10.1. The molecule has 0 saturated heterocycles. The molecule has 0 radical (unpaired) electrons. The first-order valence-electron chi connectivity index (χ1n) is 9.72. The van der Waals surface area contributed by atoms with Crippen molar-refractivity contribution in [3.63, 3.8) is 0 Å². The van der Waals surface area contributed by atoms with E-state index in [0.717, 1.165) is 41.7 Å². The summed E-state index contributed by atoms with van der Waals surface area (Å²) in [5.74, 6) is 1.29. The molecule has 6 nitrogen and oxygen atoms in total. The Kier molecular flexibility index (Phi) is 7.82. The average molecular weight is 428 g/mol. The van der Waals surface area contributed by atoms with Crippen LogP contribution >= 0.6 is 0 Å². The van der Waals surface area contributed by atoms with E-state index in [9.17, 15) is 8.42 Å². The summed E-state index contributed by atoms with van der Waals surface area (Å²) in [6.07, 6.45) is 8.84. The monoisotopic (exact) mass is 427 g/mol. The first-order valence-corrected chi connectivity index (χ1v) is 11.5. The number of nitrogens with zero attached hydrogens (tertiary/aromatic N) is 1. The van der Waals surface area contributed by atoms with Crippen molar-refractivity contribution in [2.45, 2.75) is 25.9 Å². The van der Waals surface area contributed by atoms with Crippen molar-refractivity contribution >= 4 is 22.3 Å². The molecule has 0 amide bonds. The minimum Gasteiger partial charge on any atom is -0.487 e. The van der Waals surface area contributed by atoms with Crippen molar-refractivity contribution < 1.29 is 21.8 Å². The van der Waals surface area contributed by atoms with E-state index in [0.29, 0.717) is 18.9 Å². The Hall–Kier alpha value is -2.90. The van der Waals surface area contributed by atoms with Gasteiger partial charge in [-0.3, -0.25) is 4.18 Å². The molecule has 0 unspecified atom stereocenters. The van der Waals surface area contributed by atoms with Crippen LogP contribution < -0.4 is 4.74 Å². The summed E-state index contributed by atoms with van der Waals surface area (Å²) in [6, 6.07) is 17.8. The number of benzene rings is 2. The molecule has 0 spiro atoms. The minimum atomic E-state index is -3.35. The Morgan fingerprint density at radius 2 is 1.77 bits per heavy atom. The summed E-state index contributed by atoms with van der Waals surface area (Å²) >= 11 is 0.